The maximum Gasteiger partial charge on any atom is 0.222 e. The van der Waals surface area contributed by atoms with Gasteiger partial charge in [-0.05, 0) is 30.1 Å². The molecule has 1 rings (SSSR count). The fourth-order valence-electron chi connectivity index (χ4n) is 0.579. The monoisotopic (exact) mass is 179 g/mol. The van der Waals surface area contributed by atoms with Gasteiger partial charge >= 0.3 is 0 Å². The molecule has 0 N–H and O–H groups in total. The summed E-state index contributed by atoms with van der Waals surface area (Å²) >= 11 is 11.2. The quantitative estimate of drug-likeness (QED) is 0.518. The van der Waals surface area contributed by atoms with E-state index in [9.17, 15) is 0 Å². The van der Waals surface area contributed by atoms with Crippen molar-refractivity contribution in [3.8, 4) is 0 Å². The average molecular weight is 180 g/mol. The number of amidine groups is 2. The molecule has 1 heterocycles. The van der Waals surface area contributed by atoms with Gasteiger partial charge in [0, 0.05) is 7.05 Å². The van der Waals surface area contributed by atoms with Gasteiger partial charge in [-0.1, -0.05) is 0 Å². The van der Waals surface area contributed by atoms with Crippen molar-refractivity contribution in [2.45, 2.75) is 13.1 Å². The number of rotatable bonds is 0. The molecule has 3 nitrogen and oxygen atoms in total. The van der Waals surface area contributed by atoms with Gasteiger partial charge in [-0.2, -0.15) is 4.99 Å². The minimum Gasteiger partial charge on any atom is -0.328 e. The lowest BCUT2D eigenvalue weighted by Gasteiger charge is -2.24. The van der Waals surface area contributed by atoms with Crippen LogP contribution in [0.25, 0.3) is 0 Å². The molecule has 0 bridgehead atoms. The molecule has 10 heavy (non-hydrogen) atoms. The van der Waals surface area contributed by atoms with Gasteiger partial charge in [0.25, 0.3) is 0 Å². The normalized spacial score (nSPS) is 26.0. The fourth-order valence-corrected chi connectivity index (χ4v) is 1.06. The molecule has 1 aliphatic heterocycles. The van der Waals surface area contributed by atoms with Crippen LogP contribution in [0.4, 0.5) is 0 Å². The molecule has 0 saturated carbocycles. The van der Waals surface area contributed by atoms with E-state index in [0.717, 1.165) is 0 Å². The Morgan fingerprint density at radius 2 is 2.10 bits per heavy atom. The van der Waals surface area contributed by atoms with Crippen molar-refractivity contribution in [2.24, 2.45) is 9.98 Å². The zero-order valence-corrected chi connectivity index (χ0v) is 7.19. The van der Waals surface area contributed by atoms with Crippen molar-refractivity contribution in [1.29, 1.82) is 0 Å². The molecule has 0 fully saturated rings. The SMILES string of the molecule is CC1N=C(Cl)N=C(Cl)N1C. The first-order chi connectivity index (χ1) is 4.61. The number of nitrogens with zero attached hydrogens (tertiary/aromatic N) is 3. The molecular formula is C5H7Cl2N3. The van der Waals surface area contributed by atoms with Gasteiger partial charge in [0.1, 0.15) is 6.17 Å². The Morgan fingerprint density at radius 3 is 2.60 bits per heavy atom. The second kappa shape index (κ2) is 2.76. The van der Waals surface area contributed by atoms with Crippen LogP contribution in [0.1, 0.15) is 6.92 Å². The third kappa shape index (κ3) is 1.41. The molecule has 0 amide bonds. The smallest absolute Gasteiger partial charge is 0.222 e. The predicted molar refractivity (Wildman–Crippen MR) is 43.8 cm³/mol. The highest BCUT2D eigenvalue weighted by Gasteiger charge is 2.16. The van der Waals surface area contributed by atoms with Crippen LogP contribution in [0.5, 0.6) is 0 Å². The molecule has 1 aliphatic rings. The summed E-state index contributed by atoms with van der Waals surface area (Å²) in [6, 6.07) is 0. The molecule has 1 unspecified atom stereocenters. The second-order valence-corrected chi connectivity index (χ2v) is 2.70. The van der Waals surface area contributed by atoms with Crippen molar-refractivity contribution in [2.75, 3.05) is 7.05 Å². The third-order valence-corrected chi connectivity index (χ3v) is 1.86. The van der Waals surface area contributed by atoms with Crippen LogP contribution < -0.4 is 0 Å². The van der Waals surface area contributed by atoms with Crippen molar-refractivity contribution in [1.82, 2.24) is 4.90 Å². The van der Waals surface area contributed by atoms with Crippen molar-refractivity contribution < 1.29 is 0 Å². The van der Waals surface area contributed by atoms with E-state index in [2.05, 4.69) is 9.98 Å². The topological polar surface area (TPSA) is 28.0 Å². The fraction of sp³-hybridized carbons (Fsp3) is 0.600. The van der Waals surface area contributed by atoms with Crippen LogP contribution in [-0.4, -0.2) is 28.7 Å². The molecule has 0 saturated heterocycles. The first-order valence-corrected chi connectivity index (χ1v) is 3.57. The standard InChI is InChI=1S/C5H7Cl2N3/c1-3-8-4(6)9-5(7)10(3)2/h3H,1-2H3. The summed E-state index contributed by atoms with van der Waals surface area (Å²) in [7, 11) is 1.81. The van der Waals surface area contributed by atoms with Crippen LogP contribution in [0, 0.1) is 0 Å². The van der Waals surface area contributed by atoms with Crippen molar-refractivity contribution in [3.05, 3.63) is 0 Å². The summed E-state index contributed by atoms with van der Waals surface area (Å²) in [6.07, 6.45) is -0.0162. The average Bonchev–Trinajstić information content (AvgIpc) is 1.82. The Morgan fingerprint density at radius 1 is 1.50 bits per heavy atom. The van der Waals surface area contributed by atoms with Gasteiger partial charge in [0.2, 0.25) is 10.6 Å². The number of hydrogen-bond acceptors (Lipinski definition) is 3. The Bertz CT molecular complexity index is 199. The van der Waals surface area contributed by atoms with Crippen LogP contribution in [0.2, 0.25) is 0 Å². The molecule has 0 radical (unpaired) electrons. The van der Waals surface area contributed by atoms with E-state index in [0.29, 0.717) is 5.29 Å². The first kappa shape index (κ1) is 7.82. The summed E-state index contributed by atoms with van der Waals surface area (Å²) in [5.74, 6) is 0. The van der Waals surface area contributed by atoms with Gasteiger partial charge in [-0.15, -0.1) is 0 Å². The van der Waals surface area contributed by atoms with Crippen LogP contribution in [0.3, 0.4) is 0 Å². The maximum atomic E-state index is 5.67. The maximum absolute atomic E-state index is 5.67. The Kier molecular flexibility index (Phi) is 2.16. The molecule has 0 spiro atoms. The van der Waals surface area contributed by atoms with Gasteiger partial charge in [0.05, 0.1) is 0 Å². The van der Waals surface area contributed by atoms with Gasteiger partial charge in [-0.25, -0.2) is 4.99 Å². The molecule has 0 aromatic heterocycles. The van der Waals surface area contributed by atoms with Gasteiger partial charge in [0.15, 0.2) is 0 Å². The highest BCUT2D eigenvalue weighted by molar-refractivity contribution is 6.71. The van der Waals surface area contributed by atoms with Crippen molar-refractivity contribution in [3.63, 3.8) is 0 Å². The Balaban J connectivity index is 2.85. The summed E-state index contributed by atoms with van der Waals surface area (Å²) < 4.78 is 0. The van der Waals surface area contributed by atoms with Crippen LogP contribution in [-0.2, 0) is 0 Å². The first-order valence-electron chi connectivity index (χ1n) is 2.81. The molecule has 56 valence electrons. The molecule has 0 aromatic rings. The van der Waals surface area contributed by atoms with Crippen LogP contribution >= 0.6 is 23.2 Å². The largest absolute Gasteiger partial charge is 0.328 e. The number of halogens is 2. The summed E-state index contributed by atoms with van der Waals surface area (Å²) in [5.41, 5.74) is 0. The summed E-state index contributed by atoms with van der Waals surface area (Å²) in [6.45, 7) is 1.89. The Hall–Kier alpha value is -0.280. The lowest BCUT2D eigenvalue weighted by Crippen LogP contribution is -2.34. The lowest BCUT2D eigenvalue weighted by atomic mass is 10.5. The molecule has 0 aromatic carbocycles. The third-order valence-electron chi connectivity index (χ3n) is 1.33. The van der Waals surface area contributed by atoms with Gasteiger partial charge < -0.3 is 4.90 Å². The number of aliphatic imine (C=N–C) groups is 2. The molecular weight excluding hydrogens is 173 g/mol. The highest BCUT2D eigenvalue weighted by Crippen LogP contribution is 2.10. The minimum absolute atomic E-state index is 0.0162. The van der Waals surface area contributed by atoms with E-state index in [-0.39, 0.29) is 11.5 Å². The lowest BCUT2D eigenvalue weighted by molar-refractivity contribution is 0.405. The predicted octanol–water partition coefficient (Wildman–Crippen LogP) is 1.47. The molecule has 1 atom stereocenters. The number of hydrogen-bond donors (Lipinski definition) is 0. The minimum atomic E-state index is -0.0162. The zero-order valence-electron chi connectivity index (χ0n) is 5.67. The van der Waals surface area contributed by atoms with E-state index in [1.807, 2.05) is 14.0 Å². The zero-order chi connectivity index (χ0) is 7.72. The van der Waals surface area contributed by atoms with E-state index >= 15 is 0 Å². The molecule has 0 aliphatic carbocycles. The van der Waals surface area contributed by atoms with Crippen molar-refractivity contribution >= 4 is 33.8 Å². The van der Waals surface area contributed by atoms with Gasteiger partial charge in [-0.3, -0.25) is 0 Å². The molecule has 5 heteroatoms. The highest BCUT2D eigenvalue weighted by atomic mass is 35.5. The second-order valence-electron chi connectivity index (χ2n) is 2.02. The van der Waals surface area contributed by atoms with E-state index < -0.39 is 0 Å². The summed E-state index contributed by atoms with van der Waals surface area (Å²) in [4.78, 5) is 9.42. The summed E-state index contributed by atoms with van der Waals surface area (Å²) in [5, 5.41) is 0.600. The van der Waals surface area contributed by atoms with Crippen LogP contribution in [0.15, 0.2) is 9.98 Å². The Labute approximate surface area is 69.4 Å². The van der Waals surface area contributed by atoms with E-state index in [4.69, 9.17) is 23.2 Å². The van der Waals surface area contributed by atoms with E-state index in [1.54, 1.807) is 4.90 Å². The van der Waals surface area contributed by atoms with E-state index in [1.165, 1.54) is 0 Å².